The van der Waals surface area contributed by atoms with Gasteiger partial charge in [0.1, 0.15) is 27.6 Å². The summed E-state index contributed by atoms with van der Waals surface area (Å²) >= 11 is 0.439. The molecule has 4 heterocycles. The van der Waals surface area contributed by atoms with Crippen molar-refractivity contribution >= 4 is 34.0 Å². The highest BCUT2D eigenvalue weighted by molar-refractivity contribution is 7.10. The summed E-state index contributed by atoms with van der Waals surface area (Å²) in [6, 6.07) is 3.49. The summed E-state index contributed by atoms with van der Waals surface area (Å²) in [7, 11) is 0. The molecule has 0 radical (unpaired) electrons. The lowest BCUT2D eigenvalue weighted by Crippen LogP contribution is -2.06. The van der Waals surface area contributed by atoms with E-state index >= 15 is 0 Å². The largest absolute Gasteiger partial charge is 0.427 e. The molecule has 0 saturated heterocycles. The standard InChI is InChI=1S/C17H8F6N6S/c18-16(19,20)8-1-2-11(25-5-8)28-9-3-4-24-15-13(9)26-6-10(29-15)12-14(17(21,22)23)30-7-27-12/h1-7H,(H,24,25,28,29). The van der Waals surface area contributed by atoms with Crippen LogP contribution in [-0.4, -0.2) is 24.9 Å². The van der Waals surface area contributed by atoms with Gasteiger partial charge in [0.2, 0.25) is 0 Å². The molecule has 0 bridgehead atoms. The molecule has 1 N–H and O–H groups in total. The van der Waals surface area contributed by atoms with Crippen LogP contribution in [0.2, 0.25) is 0 Å². The molecule has 0 aliphatic rings. The van der Waals surface area contributed by atoms with Crippen LogP contribution in [0.5, 0.6) is 0 Å². The van der Waals surface area contributed by atoms with Crippen molar-refractivity contribution in [3.05, 3.63) is 52.7 Å². The summed E-state index contributed by atoms with van der Waals surface area (Å²) in [5.74, 6) is 0.111. The van der Waals surface area contributed by atoms with E-state index in [1.54, 1.807) is 0 Å². The van der Waals surface area contributed by atoms with Crippen LogP contribution in [0, 0.1) is 0 Å². The molecule has 0 unspecified atom stereocenters. The Bertz CT molecular complexity index is 1200. The SMILES string of the molecule is FC(F)(F)c1ccc(Nc2ccnc3nc(-c4ncsc4C(F)(F)F)cnc23)nc1. The number of fused-ring (bicyclic) bond motifs is 1. The van der Waals surface area contributed by atoms with Crippen molar-refractivity contribution in [1.29, 1.82) is 0 Å². The Morgan fingerprint density at radius 2 is 1.63 bits per heavy atom. The van der Waals surface area contributed by atoms with Gasteiger partial charge in [0.05, 0.1) is 23.0 Å². The predicted molar refractivity (Wildman–Crippen MR) is 96.0 cm³/mol. The summed E-state index contributed by atoms with van der Waals surface area (Å²) in [5.41, 5.74) is 0.254. The van der Waals surface area contributed by atoms with Gasteiger partial charge in [0.15, 0.2) is 5.65 Å². The molecule has 4 aromatic rings. The highest BCUT2D eigenvalue weighted by Crippen LogP contribution is 2.39. The Morgan fingerprint density at radius 3 is 2.30 bits per heavy atom. The minimum atomic E-state index is -4.59. The molecular weight excluding hydrogens is 434 g/mol. The average Bonchev–Trinajstić information content (AvgIpc) is 3.18. The minimum absolute atomic E-state index is 0.0329. The number of rotatable bonds is 3. The lowest BCUT2D eigenvalue weighted by Gasteiger charge is -2.10. The Hall–Kier alpha value is -3.35. The fourth-order valence-electron chi connectivity index (χ4n) is 2.54. The number of halogens is 6. The maximum atomic E-state index is 13.1. The fourth-order valence-corrected chi connectivity index (χ4v) is 3.20. The average molecular weight is 442 g/mol. The molecule has 0 saturated carbocycles. The zero-order valence-corrected chi connectivity index (χ0v) is 15.3. The van der Waals surface area contributed by atoms with Crippen LogP contribution in [0.4, 0.5) is 37.8 Å². The number of alkyl halides is 6. The summed E-state index contributed by atoms with van der Waals surface area (Å²) in [5, 5.41) is 2.80. The van der Waals surface area contributed by atoms with Crippen molar-refractivity contribution in [3.63, 3.8) is 0 Å². The van der Waals surface area contributed by atoms with E-state index in [1.165, 1.54) is 12.3 Å². The number of nitrogens with zero attached hydrogens (tertiary/aromatic N) is 5. The van der Waals surface area contributed by atoms with E-state index in [9.17, 15) is 26.3 Å². The maximum Gasteiger partial charge on any atom is 0.427 e. The van der Waals surface area contributed by atoms with E-state index in [4.69, 9.17) is 0 Å². The number of hydrogen-bond acceptors (Lipinski definition) is 7. The normalized spacial score (nSPS) is 12.3. The van der Waals surface area contributed by atoms with E-state index in [-0.39, 0.29) is 28.4 Å². The number of anilines is 2. The summed E-state index contributed by atoms with van der Waals surface area (Å²) in [6.07, 6.45) is -5.96. The first-order chi connectivity index (χ1) is 14.1. The molecule has 0 atom stereocenters. The van der Waals surface area contributed by atoms with Crippen LogP contribution in [0.25, 0.3) is 22.6 Å². The van der Waals surface area contributed by atoms with E-state index < -0.39 is 22.8 Å². The van der Waals surface area contributed by atoms with Crippen LogP contribution in [-0.2, 0) is 12.4 Å². The number of aromatic nitrogens is 5. The van der Waals surface area contributed by atoms with Gasteiger partial charge in [0, 0.05) is 12.4 Å². The third-order valence-corrected chi connectivity index (χ3v) is 4.74. The predicted octanol–water partition coefficient (Wildman–Crippen LogP) is 5.32. The third kappa shape index (κ3) is 3.87. The lowest BCUT2D eigenvalue weighted by molar-refractivity contribution is -0.138. The molecule has 0 aliphatic carbocycles. The number of thiazole rings is 1. The molecule has 0 aromatic carbocycles. The van der Waals surface area contributed by atoms with Crippen LogP contribution >= 0.6 is 11.3 Å². The fraction of sp³-hybridized carbons (Fsp3) is 0.118. The van der Waals surface area contributed by atoms with Gasteiger partial charge in [-0.25, -0.2) is 24.9 Å². The Labute approximate surface area is 167 Å². The minimum Gasteiger partial charge on any atom is -0.338 e. The summed E-state index contributed by atoms with van der Waals surface area (Å²) in [6.45, 7) is 0. The quantitative estimate of drug-likeness (QED) is 0.433. The molecule has 4 rings (SSSR count). The highest BCUT2D eigenvalue weighted by atomic mass is 32.1. The van der Waals surface area contributed by atoms with Crippen molar-refractivity contribution < 1.29 is 26.3 Å². The Morgan fingerprint density at radius 1 is 0.833 bits per heavy atom. The Kier molecular flexibility index (Phi) is 4.76. The monoisotopic (exact) mass is 442 g/mol. The number of pyridine rings is 2. The van der Waals surface area contributed by atoms with Crippen LogP contribution in [0.15, 0.2) is 42.3 Å². The molecule has 154 valence electrons. The second-order valence-electron chi connectivity index (χ2n) is 5.87. The van der Waals surface area contributed by atoms with Gasteiger partial charge >= 0.3 is 12.4 Å². The molecule has 4 aromatic heterocycles. The van der Waals surface area contributed by atoms with Crippen molar-refractivity contribution in [3.8, 4) is 11.4 Å². The molecular formula is C17H8F6N6S. The zero-order valence-electron chi connectivity index (χ0n) is 14.5. The van der Waals surface area contributed by atoms with Gasteiger partial charge < -0.3 is 5.32 Å². The zero-order chi connectivity index (χ0) is 21.5. The second-order valence-corrected chi connectivity index (χ2v) is 6.72. The van der Waals surface area contributed by atoms with Crippen molar-refractivity contribution in [2.45, 2.75) is 12.4 Å². The van der Waals surface area contributed by atoms with Gasteiger partial charge in [0.25, 0.3) is 0 Å². The van der Waals surface area contributed by atoms with Gasteiger partial charge in [-0.2, -0.15) is 26.3 Å². The number of hydrogen-bond donors (Lipinski definition) is 1. The van der Waals surface area contributed by atoms with Crippen molar-refractivity contribution in [2.75, 3.05) is 5.32 Å². The Balaban J connectivity index is 1.68. The van der Waals surface area contributed by atoms with Crippen molar-refractivity contribution in [2.24, 2.45) is 0 Å². The van der Waals surface area contributed by atoms with Crippen LogP contribution in [0.1, 0.15) is 10.4 Å². The van der Waals surface area contributed by atoms with Gasteiger partial charge in [-0.15, -0.1) is 11.3 Å². The van der Waals surface area contributed by atoms with Crippen LogP contribution in [0.3, 0.4) is 0 Å². The van der Waals surface area contributed by atoms with E-state index in [0.29, 0.717) is 23.2 Å². The van der Waals surface area contributed by atoms with Crippen LogP contribution < -0.4 is 5.32 Å². The first-order valence-corrected chi connectivity index (χ1v) is 8.94. The van der Waals surface area contributed by atoms with Gasteiger partial charge in [-0.1, -0.05) is 0 Å². The van der Waals surface area contributed by atoms with Gasteiger partial charge in [-0.05, 0) is 18.2 Å². The van der Waals surface area contributed by atoms with Crippen molar-refractivity contribution in [1.82, 2.24) is 24.9 Å². The van der Waals surface area contributed by atoms with E-state index in [2.05, 4.69) is 30.2 Å². The molecule has 30 heavy (non-hydrogen) atoms. The molecule has 0 spiro atoms. The van der Waals surface area contributed by atoms with E-state index in [1.807, 2.05) is 0 Å². The second kappa shape index (κ2) is 7.16. The molecule has 0 amide bonds. The van der Waals surface area contributed by atoms with Gasteiger partial charge in [-0.3, -0.25) is 0 Å². The summed E-state index contributed by atoms with van der Waals surface area (Å²) in [4.78, 5) is 18.8. The molecule has 13 heteroatoms. The highest BCUT2D eigenvalue weighted by Gasteiger charge is 2.37. The third-order valence-electron chi connectivity index (χ3n) is 3.87. The maximum absolute atomic E-state index is 13.1. The summed E-state index contributed by atoms with van der Waals surface area (Å²) < 4.78 is 77.3. The topological polar surface area (TPSA) is 76.5 Å². The molecule has 0 fully saturated rings. The number of nitrogens with one attached hydrogen (secondary N) is 1. The molecule has 6 nitrogen and oxygen atoms in total. The lowest BCUT2D eigenvalue weighted by atomic mass is 10.2. The first-order valence-electron chi connectivity index (χ1n) is 8.06. The van der Waals surface area contributed by atoms with E-state index in [0.717, 1.165) is 23.8 Å². The first kappa shape index (κ1) is 19.9. The molecule has 0 aliphatic heterocycles. The smallest absolute Gasteiger partial charge is 0.338 e.